The van der Waals surface area contributed by atoms with Gasteiger partial charge >= 0.3 is 0 Å². The number of carbonyl (C=O) groups excluding carboxylic acids is 1. The molecule has 0 saturated carbocycles. The van der Waals surface area contributed by atoms with Crippen LogP contribution in [0, 0.1) is 0 Å². The minimum absolute atomic E-state index is 0.109. The largest absolute Gasteiger partial charge is 0.366 e. The van der Waals surface area contributed by atoms with Crippen molar-refractivity contribution in [3.05, 3.63) is 29.6 Å². The van der Waals surface area contributed by atoms with Crippen molar-refractivity contribution in [3.8, 4) is 0 Å². The molecule has 1 atom stereocenters. The van der Waals surface area contributed by atoms with Crippen LogP contribution in [0.4, 0.5) is 0 Å². The van der Waals surface area contributed by atoms with Crippen LogP contribution >= 0.6 is 0 Å². The first kappa shape index (κ1) is 14.1. The molecule has 3 N–H and O–H groups in total. The number of nitrogens with zero attached hydrogens (tertiary/aromatic N) is 2. The van der Waals surface area contributed by atoms with Crippen molar-refractivity contribution in [2.45, 2.75) is 45.2 Å². The van der Waals surface area contributed by atoms with Gasteiger partial charge in [0.25, 0.3) is 5.91 Å². The summed E-state index contributed by atoms with van der Waals surface area (Å²) in [5.74, 6) is 0.494. The highest BCUT2D eigenvalue weighted by molar-refractivity contribution is 6.04. The number of aromatic amines is 1. The third kappa shape index (κ3) is 2.12. The Balaban J connectivity index is 2.13. The average molecular weight is 286 g/mol. The Labute approximate surface area is 124 Å². The van der Waals surface area contributed by atoms with E-state index in [1.54, 1.807) is 6.07 Å². The number of benzene rings is 1. The molecule has 0 spiro atoms. The Hall–Kier alpha value is -1.88. The standard InChI is InChI=1S/C16H22N4O/c1-10(2)20-9-5-8-16(20,3)15-18-12-7-4-6-11(14(17)21)13(12)19-15/h4,6-7,10H,5,8-9H2,1-3H3,(H2,17,21)(H,18,19)/t16-/m1/s1. The number of hydrogen-bond donors (Lipinski definition) is 2. The van der Waals surface area contributed by atoms with Crippen LogP contribution < -0.4 is 5.73 Å². The van der Waals surface area contributed by atoms with Gasteiger partial charge in [-0.25, -0.2) is 4.98 Å². The number of hydrogen-bond acceptors (Lipinski definition) is 3. The fourth-order valence-electron chi connectivity index (χ4n) is 3.55. The van der Waals surface area contributed by atoms with Gasteiger partial charge in [-0.15, -0.1) is 0 Å². The topological polar surface area (TPSA) is 75.0 Å². The number of primary amides is 1. The monoisotopic (exact) mass is 286 g/mol. The van der Waals surface area contributed by atoms with E-state index in [4.69, 9.17) is 10.7 Å². The van der Waals surface area contributed by atoms with Gasteiger partial charge in [-0.3, -0.25) is 9.69 Å². The molecule has 0 unspecified atom stereocenters. The first-order chi connectivity index (χ1) is 9.93. The molecular formula is C16H22N4O. The van der Waals surface area contributed by atoms with Crippen LogP contribution in [0.5, 0.6) is 0 Å². The smallest absolute Gasteiger partial charge is 0.250 e. The van der Waals surface area contributed by atoms with Gasteiger partial charge in [0.15, 0.2) is 0 Å². The Bertz CT molecular complexity index is 691. The van der Waals surface area contributed by atoms with Crippen LogP contribution in [0.3, 0.4) is 0 Å². The van der Waals surface area contributed by atoms with Crippen molar-refractivity contribution in [2.75, 3.05) is 6.54 Å². The van der Waals surface area contributed by atoms with E-state index >= 15 is 0 Å². The van der Waals surface area contributed by atoms with Gasteiger partial charge in [0.1, 0.15) is 11.3 Å². The second-order valence-electron chi connectivity index (χ2n) is 6.32. The molecule has 0 radical (unpaired) electrons. The van der Waals surface area contributed by atoms with E-state index in [0.717, 1.165) is 30.7 Å². The summed E-state index contributed by atoms with van der Waals surface area (Å²) in [6.45, 7) is 7.72. The highest BCUT2D eigenvalue weighted by Gasteiger charge is 2.41. The zero-order valence-electron chi connectivity index (χ0n) is 12.8. The van der Waals surface area contributed by atoms with Gasteiger partial charge < -0.3 is 10.7 Å². The Morgan fingerprint density at radius 3 is 2.90 bits per heavy atom. The fourth-order valence-corrected chi connectivity index (χ4v) is 3.55. The van der Waals surface area contributed by atoms with Gasteiger partial charge in [0.2, 0.25) is 0 Å². The van der Waals surface area contributed by atoms with Crippen molar-refractivity contribution in [1.82, 2.24) is 14.9 Å². The summed E-state index contributed by atoms with van der Waals surface area (Å²) in [6, 6.07) is 5.96. The lowest BCUT2D eigenvalue weighted by molar-refractivity contribution is 0.100. The lowest BCUT2D eigenvalue weighted by Gasteiger charge is -2.36. The van der Waals surface area contributed by atoms with Gasteiger partial charge in [-0.05, 0) is 52.3 Å². The number of likely N-dealkylation sites (tertiary alicyclic amines) is 1. The average Bonchev–Trinajstić information content (AvgIpc) is 3.01. The second-order valence-corrected chi connectivity index (χ2v) is 6.32. The molecule has 1 aromatic heterocycles. The summed E-state index contributed by atoms with van der Waals surface area (Å²) in [7, 11) is 0. The van der Waals surface area contributed by atoms with Crippen LogP contribution in [0.2, 0.25) is 0 Å². The Morgan fingerprint density at radius 1 is 1.48 bits per heavy atom. The van der Waals surface area contributed by atoms with Crippen LogP contribution in [-0.2, 0) is 5.54 Å². The normalized spacial score (nSPS) is 23.2. The van der Waals surface area contributed by atoms with Gasteiger partial charge in [0.05, 0.1) is 16.6 Å². The van der Waals surface area contributed by atoms with E-state index in [2.05, 4.69) is 30.7 Å². The van der Waals surface area contributed by atoms with Gasteiger partial charge in [-0.1, -0.05) is 6.07 Å². The molecule has 1 saturated heterocycles. The predicted octanol–water partition coefficient (Wildman–Crippen LogP) is 2.38. The van der Waals surface area contributed by atoms with E-state index in [1.807, 2.05) is 12.1 Å². The molecule has 5 nitrogen and oxygen atoms in total. The van der Waals surface area contributed by atoms with Crippen molar-refractivity contribution < 1.29 is 4.79 Å². The zero-order chi connectivity index (χ0) is 15.2. The minimum Gasteiger partial charge on any atom is -0.366 e. The van der Waals surface area contributed by atoms with Gasteiger partial charge in [-0.2, -0.15) is 0 Å². The van der Waals surface area contributed by atoms with E-state index in [-0.39, 0.29) is 5.54 Å². The number of amides is 1. The summed E-state index contributed by atoms with van der Waals surface area (Å²) < 4.78 is 0. The van der Waals surface area contributed by atoms with Crippen LogP contribution in [0.15, 0.2) is 18.2 Å². The lowest BCUT2D eigenvalue weighted by atomic mass is 9.97. The van der Waals surface area contributed by atoms with Crippen molar-refractivity contribution >= 4 is 16.9 Å². The summed E-state index contributed by atoms with van der Waals surface area (Å²) in [5, 5.41) is 0. The molecule has 1 fully saturated rings. The summed E-state index contributed by atoms with van der Waals surface area (Å²) in [4.78, 5) is 22.1. The van der Waals surface area contributed by atoms with E-state index in [9.17, 15) is 4.79 Å². The van der Waals surface area contributed by atoms with E-state index < -0.39 is 5.91 Å². The highest BCUT2D eigenvalue weighted by Crippen LogP contribution is 2.39. The first-order valence-electron chi connectivity index (χ1n) is 7.49. The third-order valence-electron chi connectivity index (χ3n) is 4.61. The number of imidazole rings is 1. The second kappa shape index (κ2) is 4.84. The predicted molar refractivity (Wildman–Crippen MR) is 83.0 cm³/mol. The third-order valence-corrected chi connectivity index (χ3v) is 4.61. The molecule has 0 aliphatic carbocycles. The molecule has 21 heavy (non-hydrogen) atoms. The summed E-state index contributed by atoms with van der Waals surface area (Å²) in [5.41, 5.74) is 7.37. The maximum Gasteiger partial charge on any atom is 0.250 e. The number of fused-ring (bicyclic) bond motifs is 1. The van der Waals surface area contributed by atoms with Crippen LogP contribution in [0.1, 0.15) is 49.8 Å². The molecule has 2 heterocycles. The molecule has 1 aromatic carbocycles. The maximum absolute atomic E-state index is 11.6. The number of carbonyl (C=O) groups is 1. The SMILES string of the molecule is CC(C)N1CCC[C@]1(C)c1nc2c(C(N)=O)cccc2[nH]1. The quantitative estimate of drug-likeness (QED) is 0.909. The van der Waals surface area contributed by atoms with Crippen molar-refractivity contribution in [2.24, 2.45) is 5.73 Å². The number of para-hydroxylation sites is 1. The number of H-pyrrole nitrogens is 1. The first-order valence-corrected chi connectivity index (χ1v) is 7.49. The molecule has 2 aromatic rings. The fraction of sp³-hybridized carbons (Fsp3) is 0.500. The molecule has 1 amide bonds. The maximum atomic E-state index is 11.6. The molecular weight excluding hydrogens is 264 g/mol. The number of nitrogens with two attached hydrogens (primary N) is 1. The molecule has 3 rings (SSSR count). The van der Waals surface area contributed by atoms with Crippen molar-refractivity contribution in [1.29, 1.82) is 0 Å². The minimum atomic E-state index is -0.434. The Morgan fingerprint density at radius 2 is 2.24 bits per heavy atom. The molecule has 112 valence electrons. The molecule has 5 heteroatoms. The molecule has 0 bridgehead atoms. The van der Waals surface area contributed by atoms with Crippen molar-refractivity contribution in [3.63, 3.8) is 0 Å². The number of aromatic nitrogens is 2. The lowest BCUT2D eigenvalue weighted by Crippen LogP contribution is -2.43. The summed E-state index contributed by atoms with van der Waals surface area (Å²) in [6.07, 6.45) is 2.23. The summed E-state index contributed by atoms with van der Waals surface area (Å²) >= 11 is 0. The number of nitrogens with one attached hydrogen (secondary N) is 1. The Kier molecular flexibility index (Phi) is 3.24. The zero-order valence-corrected chi connectivity index (χ0v) is 12.8. The van der Waals surface area contributed by atoms with Gasteiger partial charge in [0, 0.05) is 6.04 Å². The van der Waals surface area contributed by atoms with E-state index in [1.165, 1.54) is 0 Å². The highest BCUT2D eigenvalue weighted by atomic mass is 16.1. The molecule has 1 aliphatic rings. The van der Waals surface area contributed by atoms with Crippen LogP contribution in [0.25, 0.3) is 11.0 Å². The molecule has 1 aliphatic heterocycles. The van der Waals surface area contributed by atoms with Crippen LogP contribution in [-0.4, -0.2) is 33.4 Å². The van der Waals surface area contributed by atoms with E-state index in [0.29, 0.717) is 17.1 Å². The number of rotatable bonds is 3.